The molecule has 0 bridgehead atoms. The molecule has 0 spiro atoms. The second-order valence-electron chi connectivity index (χ2n) is 6.55. The highest BCUT2D eigenvalue weighted by Gasteiger charge is 2.18. The van der Waals surface area contributed by atoms with Crippen LogP contribution in [0, 0.1) is 0 Å². The van der Waals surface area contributed by atoms with Gasteiger partial charge >= 0.3 is 5.69 Å². The largest absolute Gasteiger partial charge is 0.332 e. The number of anilines is 1. The van der Waals surface area contributed by atoms with Crippen LogP contribution in [-0.2, 0) is 27.6 Å². The smallest absolute Gasteiger partial charge is 0.306 e. The van der Waals surface area contributed by atoms with Crippen LogP contribution in [0.3, 0.4) is 0 Å². The van der Waals surface area contributed by atoms with Gasteiger partial charge in [-0.2, -0.15) is 10.1 Å². The number of aromatic nitrogens is 4. The molecule has 8 heteroatoms. The Morgan fingerprint density at radius 3 is 2.62 bits per heavy atom. The van der Waals surface area contributed by atoms with Crippen molar-refractivity contribution in [3.05, 3.63) is 56.2 Å². The van der Waals surface area contributed by atoms with Crippen LogP contribution in [-0.4, -0.2) is 24.4 Å². The first-order chi connectivity index (χ1) is 12.5. The third-order valence-corrected chi connectivity index (χ3v) is 4.95. The first-order valence-corrected chi connectivity index (χ1v) is 8.52. The number of fused-ring (bicyclic) bond motifs is 2. The minimum Gasteiger partial charge on any atom is -0.306 e. The molecule has 2 aromatic heterocycles. The van der Waals surface area contributed by atoms with Crippen molar-refractivity contribution in [1.82, 2.24) is 18.7 Å². The molecule has 0 unspecified atom stereocenters. The Kier molecular flexibility index (Phi) is 3.75. The van der Waals surface area contributed by atoms with Gasteiger partial charge in [0.05, 0.1) is 5.71 Å². The van der Waals surface area contributed by atoms with Crippen molar-refractivity contribution in [3.8, 4) is 0 Å². The van der Waals surface area contributed by atoms with Gasteiger partial charge in [-0.1, -0.05) is 24.3 Å². The van der Waals surface area contributed by atoms with Crippen molar-refractivity contribution in [2.24, 2.45) is 26.2 Å². The highest BCUT2D eigenvalue weighted by molar-refractivity contribution is 6.03. The van der Waals surface area contributed by atoms with Crippen LogP contribution in [0.1, 0.15) is 24.0 Å². The number of benzene rings is 1. The predicted molar refractivity (Wildman–Crippen MR) is 101 cm³/mol. The molecule has 1 aliphatic carbocycles. The SMILES string of the molecule is Cn1c(=O)c2c(nc(N/N=C3\CCCc4ccccc43)n2C)n(C)c1=O. The van der Waals surface area contributed by atoms with Crippen LogP contribution in [0.2, 0.25) is 0 Å². The van der Waals surface area contributed by atoms with Gasteiger partial charge in [-0.3, -0.25) is 13.9 Å². The molecule has 0 amide bonds. The first-order valence-electron chi connectivity index (χ1n) is 8.52. The Labute approximate surface area is 149 Å². The molecule has 26 heavy (non-hydrogen) atoms. The molecule has 4 rings (SSSR count). The number of rotatable bonds is 2. The van der Waals surface area contributed by atoms with Crippen molar-refractivity contribution in [3.63, 3.8) is 0 Å². The molecule has 2 heterocycles. The monoisotopic (exact) mass is 352 g/mol. The number of nitrogens with one attached hydrogen (secondary N) is 1. The molecule has 0 radical (unpaired) electrons. The van der Waals surface area contributed by atoms with E-state index in [4.69, 9.17) is 0 Å². The summed E-state index contributed by atoms with van der Waals surface area (Å²) in [4.78, 5) is 28.9. The van der Waals surface area contributed by atoms with Crippen LogP contribution in [0.5, 0.6) is 0 Å². The lowest BCUT2D eigenvalue weighted by molar-refractivity contribution is 0.705. The zero-order valence-corrected chi connectivity index (χ0v) is 15.0. The summed E-state index contributed by atoms with van der Waals surface area (Å²) in [6.45, 7) is 0. The van der Waals surface area contributed by atoms with Gasteiger partial charge in [0.25, 0.3) is 5.56 Å². The van der Waals surface area contributed by atoms with Gasteiger partial charge in [0, 0.05) is 26.7 Å². The zero-order valence-electron chi connectivity index (χ0n) is 15.0. The fourth-order valence-corrected chi connectivity index (χ4v) is 3.45. The highest BCUT2D eigenvalue weighted by Crippen LogP contribution is 2.22. The van der Waals surface area contributed by atoms with Crippen LogP contribution in [0.4, 0.5) is 5.95 Å². The Morgan fingerprint density at radius 2 is 1.81 bits per heavy atom. The normalized spacial score (nSPS) is 15.4. The average molecular weight is 352 g/mol. The van der Waals surface area contributed by atoms with E-state index in [-0.39, 0.29) is 5.56 Å². The summed E-state index contributed by atoms with van der Waals surface area (Å²) in [5, 5.41) is 4.54. The lowest BCUT2D eigenvalue weighted by atomic mass is 9.90. The van der Waals surface area contributed by atoms with Crippen molar-refractivity contribution < 1.29 is 0 Å². The maximum atomic E-state index is 12.4. The quantitative estimate of drug-likeness (QED) is 0.701. The van der Waals surface area contributed by atoms with E-state index >= 15 is 0 Å². The van der Waals surface area contributed by atoms with Gasteiger partial charge in [0.15, 0.2) is 11.2 Å². The van der Waals surface area contributed by atoms with Crippen molar-refractivity contribution in [2.75, 3.05) is 5.43 Å². The number of imidazole rings is 1. The van der Waals surface area contributed by atoms with Gasteiger partial charge in [-0.15, -0.1) is 0 Å². The molecule has 0 atom stereocenters. The van der Waals surface area contributed by atoms with Gasteiger partial charge in [0.2, 0.25) is 5.95 Å². The van der Waals surface area contributed by atoms with E-state index in [9.17, 15) is 9.59 Å². The van der Waals surface area contributed by atoms with Gasteiger partial charge in [-0.05, 0) is 24.8 Å². The number of aryl methyl sites for hydroxylation is 3. The van der Waals surface area contributed by atoms with Crippen molar-refractivity contribution >= 4 is 22.8 Å². The fourth-order valence-electron chi connectivity index (χ4n) is 3.45. The summed E-state index contributed by atoms with van der Waals surface area (Å²) in [7, 11) is 4.80. The highest BCUT2D eigenvalue weighted by atomic mass is 16.2. The third kappa shape index (κ3) is 2.37. The van der Waals surface area contributed by atoms with E-state index in [2.05, 4.69) is 27.6 Å². The minimum atomic E-state index is -0.403. The number of nitrogens with zero attached hydrogens (tertiary/aromatic N) is 5. The predicted octanol–water partition coefficient (Wildman–Crippen LogP) is 1.12. The van der Waals surface area contributed by atoms with Crippen molar-refractivity contribution in [2.45, 2.75) is 19.3 Å². The number of hydrogen-bond acceptors (Lipinski definition) is 5. The molecule has 0 aliphatic heterocycles. The standard InChI is InChI=1S/C18H20N6O2/c1-22-14-15(23(2)18(26)24(3)16(14)25)19-17(22)21-20-13-10-6-8-11-7-4-5-9-12(11)13/h4-5,7,9H,6,8,10H2,1-3H3,(H,19,21)/b20-13+. The second-order valence-corrected chi connectivity index (χ2v) is 6.55. The maximum absolute atomic E-state index is 12.4. The molecular formula is C18H20N6O2. The molecule has 3 aromatic rings. The van der Waals surface area contributed by atoms with Gasteiger partial charge in [-0.25, -0.2) is 10.2 Å². The Morgan fingerprint density at radius 1 is 1.04 bits per heavy atom. The molecular weight excluding hydrogens is 332 g/mol. The number of hydrogen-bond donors (Lipinski definition) is 1. The molecule has 0 saturated carbocycles. The van der Waals surface area contributed by atoms with Crippen LogP contribution >= 0.6 is 0 Å². The topological polar surface area (TPSA) is 86.2 Å². The third-order valence-electron chi connectivity index (χ3n) is 4.95. The molecule has 0 fully saturated rings. The molecule has 1 aliphatic rings. The summed E-state index contributed by atoms with van der Waals surface area (Å²) < 4.78 is 4.08. The van der Waals surface area contributed by atoms with E-state index in [1.807, 2.05) is 12.1 Å². The molecule has 1 N–H and O–H groups in total. The lowest BCUT2D eigenvalue weighted by Gasteiger charge is -2.17. The lowest BCUT2D eigenvalue weighted by Crippen LogP contribution is -2.37. The van der Waals surface area contributed by atoms with E-state index < -0.39 is 5.69 Å². The first kappa shape index (κ1) is 16.3. The average Bonchev–Trinajstić information content (AvgIpc) is 2.99. The van der Waals surface area contributed by atoms with Crippen LogP contribution < -0.4 is 16.7 Å². The van der Waals surface area contributed by atoms with Gasteiger partial charge in [0.1, 0.15) is 0 Å². The van der Waals surface area contributed by atoms with Crippen LogP contribution in [0.15, 0.2) is 39.0 Å². The van der Waals surface area contributed by atoms with Gasteiger partial charge < -0.3 is 4.57 Å². The Hall–Kier alpha value is -3.16. The van der Waals surface area contributed by atoms with Crippen LogP contribution in [0.25, 0.3) is 11.2 Å². The molecule has 0 saturated heterocycles. The second kappa shape index (κ2) is 5.98. The van der Waals surface area contributed by atoms with E-state index in [1.54, 1.807) is 18.7 Å². The fraction of sp³-hybridized carbons (Fsp3) is 0.333. The number of hydrazone groups is 1. The maximum Gasteiger partial charge on any atom is 0.332 e. The Bertz CT molecular complexity index is 1160. The van der Waals surface area contributed by atoms with Crippen molar-refractivity contribution in [1.29, 1.82) is 0 Å². The summed E-state index contributed by atoms with van der Waals surface area (Å²) in [6, 6.07) is 8.24. The minimum absolute atomic E-state index is 0.340. The van der Waals surface area contributed by atoms with E-state index in [1.165, 1.54) is 17.2 Å². The molecule has 134 valence electrons. The van der Waals surface area contributed by atoms with E-state index in [0.29, 0.717) is 17.1 Å². The zero-order chi connectivity index (χ0) is 18.4. The Balaban J connectivity index is 1.79. The summed E-state index contributed by atoms with van der Waals surface area (Å²) in [6.07, 6.45) is 2.99. The van der Waals surface area contributed by atoms with E-state index in [0.717, 1.165) is 35.1 Å². The summed E-state index contributed by atoms with van der Waals surface area (Å²) in [5.74, 6) is 0.425. The summed E-state index contributed by atoms with van der Waals surface area (Å²) >= 11 is 0. The summed E-state index contributed by atoms with van der Waals surface area (Å²) in [5.41, 5.74) is 6.32. The molecule has 8 nitrogen and oxygen atoms in total. The molecule has 1 aromatic carbocycles.